The van der Waals surface area contributed by atoms with Gasteiger partial charge in [0.15, 0.2) is 0 Å². The van der Waals surface area contributed by atoms with Crippen molar-refractivity contribution in [3.05, 3.63) is 52.6 Å². The first-order chi connectivity index (χ1) is 15.3. The molecule has 0 radical (unpaired) electrons. The van der Waals surface area contributed by atoms with Gasteiger partial charge < -0.3 is 4.90 Å². The van der Waals surface area contributed by atoms with Crippen molar-refractivity contribution in [1.29, 1.82) is 0 Å². The van der Waals surface area contributed by atoms with E-state index in [0.717, 1.165) is 10.3 Å². The van der Waals surface area contributed by atoms with E-state index in [4.69, 9.17) is 0 Å². The number of amides is 1. The first kappa shape index (κ1) is 24.5. The number of sulfonamides is 1. The Labute approximate surface area is 195 Å². The van der Waals surface area contributed by atoms with Crippen molar-refractivity contribution in [1.82, 2.24) is 19.3 Å². The highest BCUT2D eigenvalue weighted by molar-refractivity contribution is 9.10. The lowest BCUT2D eigenvalue weighted by molar-refractivity contribution is -0.158. The van der Waals surface area contributed by atoms with Crippen LogP contribution in [0, 0.1) is 5.95 Å². The van der Waals surface area contributed by atoms with E-state index in [9.17, 15) is 22.8 Å². The molecule has 3 rings (SSSR count). The summed E-state index contributed by atoms with van der Waals surface area (Å²) in [6.07, 6.45) is 2.97. The molecule has 2 aromatic rings. The number of aryl methyl sites for hydroxylation is 1. The van der Waals surface area contributed by atoms with Gasteiger partial charge in [0.25, 0.3) is 0 Å². The third kappa shape index (κ3) is 6.67. The maximum atomic E-state index is 13.2. The van der Waals surface area contributed by atoms with Crippen LogP contribution in [0.5, 0.6) is 0 Å². The molecule has 0 aliphatic carbocycles. The number of halogens is 2. The molecule has 1 saturated heterocycles. The van der Waals surface area contributed by atoms with Crippen LogP contribution in [0.15, 0.2) is 41.0 Å². The first-order valence-corrected chi connectivity index (χ1v) is 12.6. The summed E-state index contributed by atoms with van der Waals surface area (Å²) in [4.78, 5) is 21.2. The summed E-state index contributed by atoms with van der Waals surface area (Å²) in [7, 11) is -3.71. The van der Waals surface area contributed by atoms with E-state index in [1.54, 1.807) is 18.3 Å². The Bertz CT molecular complexity index is 1000. The standard InChI is InChI=1S/C20H25BrFN5O4S/c21-16-7-8-20(23-13-16)25-9-11-26(12-10-25)32(30,31)14-18(27(29)15-28)5-1-3-17-4-2-6-19(22)24-17/h2,4,6-8,13,15,18,29H,1,3,5,9-12,14H2/t18-/m0/s1. The van der Waals surface area contributed by atoms with Crippen LogP contribution in [0.3, 0.4) is 0 Å². The van der Waals surface area contributed by atoms with Crippen molar-refractivity contribution < 1.29 is 22.8 Å². The minimum Gasteiger partial charge on any atom is -0.354 e. The number of anilines is 1. The third-order valence-corrected chi connectivity index (χ3v) is 7.72. The molecule has 1 N–H and O–H groups in total. The van der Waals surface area contributed by atoms with Crippen LogP contribution in [-0.4, -0.2) is 77.3 Å². The van der Waals surface area contributed by atoms with E-state index in [-0.39, 0.29) is 25.9 Å². The molecule has 0 aromatic carbocycles. The Morgan fingerprint density at radius 2 is 1.97 bits per heavy atom. The van der Waals surface area contributed by atoms with Crippen molar-refractivity contribution in [3.8, 4) is 0 Å². The minimum atomic E-state index is -3.71. The second kappa shape index (κ2) is 11.1. The number of hydrogen-bond acceptors (Lipinski definition) is 7. The number of piperazine rings is 1. The lowest BCUT2D eigenvalue weighted by Gasteiger charge is -2.35. The van der Waals surface area contributed by atoms with E-state index in [1.807, 2.05) is 17.0 Å². The Balaban J connectivity index is 1.56. The fourth-order valence-corrected chi connectivity index (χ4v) is 5.56. The lowest BCUT2D eigenvalue weighted by atomic mass is 10.1. The van der Waals surface area contributed by atoms with Gasteiger partial charge in [-0.2, -0.15) is 8.70 Å². The molecule has 3 heterocycles. The first-order valence-electron chi connectivity index (χ1n) is 10.2. The monoisotopic (exact) mass is 529 g/mol. The van der Waals surface area contributed by atoms with Crippen molar-refractivity contribution in [2.75, 3.05) is 36.8 Å². The Hall–Kier alpha value is -2.15. The molecule has 9 nitrogen and oxygen atoms in total. The van der Waals surface area contributed by atoms with Gasteiger partial charge in [0.2, 0.25) is 22.4 Å². The molecule has 1 aliphatic rings. The number of pyridine rings is 2. The molecule has 0 bridgehead atoms. The summed E-state index contributed by atoms with van der Waals surface area (Å²) in [5, 5.41) is 10.3. The van der Waals surface area contributed by atoms with Gasteiger partial charge in [-0.3, -0.25) is 10.0 Å². The second-order valence-corrected chi connectivity index (χ2v) is 10.4. The average molecular weight is 530 g/mol. The molecular formula is C20H25BrFN5O4S. The van der Waals surface area contributed by atoms with E-state index >= 15 is 0 Å². The van der Waals surface area contributed by atoms with Crippen molar-refractivity contribution in [2.24, 2.45) is 0 Å². The molecule has 1 aliphatic heterocycles. The van der Waals surface area contributed by atoms with Gasteiger partial charge in [-0.15, -0.1) is 0 Å². The number of hydrogen-bond donors (Lipinski definition) is 1. The van der Waals surface area contributed by atoms with E-state index in [0.29, 0.717) is 36.7 Å². The summed E-state index contributed by atoms with van der Waals surface area (Å²) in [5.41, 5.74) is 0.528. The van der Waals surface area contributed by atoms with E-state index < -0.39 is 27.8 Å². The Morgan fingerprint density at radius 3 is 2.59 bits per heavy atom. The third-order valence-electron chi connectivity index (χ3n) is 5.30. The quantitative estimate of drug-likeness (QED) is 0.217. The highest BCUT2D eigenvalue weighted by atomic mass is 79.9. The molecule has 1 fully saturated rings. The van der Waals surface area contributed by atoms with Gasteiger partial charge in [0.1, 0.15) is 5.82 Å². The fourth-order valence-electron chi connectivity index (χ4n) is 3.59. The maximum Gasteiger partial charge on any atom is 0.233 e. The SMILES string of the molecule is O=CN(O)[C@@H](CCCc1cccc(F)n1)CS(=O)(=O)N1CCN(c2ccc(Br)cn2)CC1. The summed E-state index contributed by atoms with van der Waals surface area (Å²) >= 11 is 3.34. The molecule has 0 saturated carbocycles. The fraction of sp³-hybridized carbons (Fsp3) is 0.450. The number of carbonyl (C=O) groups is 1. The highest BCUT2D eigenvalue weighted by Gasteiger charge is 2.31. The summed E-state index contributed by atoms with van der Waals surface area (Å²) < 4.78 is 41.4. The summed E-state index contributed by atoms with van der Waals surface area (Å²) in [5.74, 6) is -0.206. The average Bonchev–Trinajstić information content (AvgIpc) is 2.78. The smallest absolute Gasteiger partial charge is 0.233 e. The van der Waals surface area contributed by atoms with Crippen LogP contribution in [0.25, 0.3) is 0 Å². The van der Waals surface area contributed by atoms with Gasteiger partial charge in [-0.25, -0.2) is 23.4 Å². The van der Waals surface area contributed by atoms with Crippen molar-refractivity contribution in [2.45, 2.75) is 25.3 Å². The van der Waals surface area contributed by atoms with Crippen LogP contribution in [0.2, 0.25) is 0 Å². The molecule has 12 heteroatoms. The van der Waals surface area contributed by atoms with Gasteiger partial charge in [0, 0.05) is 42.5 Å². The number of aromatic nitrogens is 2. The molecule has 174 valence electrons. The molecule has 2 aromatic heterocycles. The van der Waals surface area contributed by atoms with E-state index in [1.165, 1.54) is 10.4 Å². The predicted molar refractivity (Wildman–Crippen MR) is 120 cm³/mol. The van der Waals surface area contributed by atoms with Gasteiger partial charge >= 0.3 is 0 Å². The summed E-state index contributed by atoms with van der Waals surface area (Å²) in [6.45, 7) is 1.54. The molecule has 1 atom stereocenters. The van der Waals surface area contributed by atoms with Crippen molar-refractivity contribution >= 4 is 38.2 Å². The van der Waals surface area contributed by atoms with Crippen LogP contribution < -0.4 is 4.90 Å². The topological polar surface area (TPSA) is 107 Å². The van der Waals surface area contributed by atoms with Crippen molar-refractivity contribution in [3.63, 3.8) is 0 Å². The maximum absolute atomic E-state index is 13.2. The van der Waals surface area contributed by atoms with Gasteiger partial charge in [-0.05, 0) is 59.5 Å². The zero-order chi connectivity index (χ0) is 23.1. The highest BCUT2D eigenvalue weighted by Crippen LogP contribution is 2.19. The molecule has 32 heavy (non-hydrogen) atoms. The Morgan fingerprint density at radius 1 is 1.22 bits per heavy atom. The number of carbonyl (C=O) groups excluding carboxylic acids is 1. The van der Waals surface area contributed by atoms with Crippen LogP contribution >= 0.6 is 15.9 Å². The number of rotatable bonds is 10. The summed E-state index contributed by atoms with van der Waals surface area (Å²) in [6, 6.07) is 7.30. The van der Waals surface area contributed by atoms with Crippen LogP contribution in [0.1, 0.15) is 18.5 Å². The van der Waals surface area contributed by atoms with Gasteiger partial charge in [-0.1, -0.05) is 6.07 Å². The number of hydroxylamine groups is 2. The van der Waals surface area contributed by atoms with Crippen LogP contribution in [0.4, 0.5) is 10.2 Å². The van der Waals surface area contributed by atoms with E-state index in [2.05, 4.69) is 25.9 Å². The number of nitrogens with zero attached hydrogens (tertiary/aromatic N) is 5. The zero-order valence-electron chi connectivity index (χ0n) is 17.3. The van der Waals surface area contributed by atoms with Gasteiger partial charge in [0.05, 0.1) is 11.8 Å². The Kier molecular flexibility index (Phi) is 8.51. The molecule has 0 spiro atoms. The molecule has 0 unspecified atom stereocenters. The normalized spacial score (nSPS) is 16.0. The molecule has 1 amide bonds. The predicted octanol–water partition coefficient (Wildman–Crippen LogP) is 2.07. The lowest BCUT2D eigenvalue weighted by Crippen LogP contribution is -2.51. The minimum absolute atomic E-state index is 0.206. The van der Waals surface area contributed by atoms with Crippen LogP contribution in [-0.2, 0) is 21.2 Å². The molecular weight excluding hydrogens is 505 g/mol. The second-order valence-electron chi connectivity index (χ2n) is 7.48. The largest absolute Gasteiger partial charge is 0.354 e. The zero-order valence-corrected chi connectivity index (χ0v) is 19.8.